The lowest BCUT2D eigenvalue weighted by atomic mass is 10.1. The fourth-order valence-electron chi connectivity index (χ4n) is 2.51. The van der Waals surface area contributed by atoms with Crippen LogP contribution in [0.3, 0.4) is 0 Å². The Morgan fingerprint density at radius 1 is 1.33 bits per heavy atom. The molecule has 0 saturated heterocycles. The van der Waals surface area contributed by atoms with Crippen LogP contribution in [0.15, 0.2) is 48.1 Å². The minimum Gasteiger partial charge on any atom is -0.343 e. The van der Waals surface area contributed by atoms with E-state index < -0.39 is 0 Å². The summed E-state index contributed by atoms with van der Waals surface area (Å²) < 4.78 is 1.76. The Balaban J connectivity index is 1.78. The Morgan fingerprint density at radius 3 is 2.79 bits per heavy atom. The number of aryl methyl sites for hydroxylation is 1. The number of thiazole rings is 1. The first kappa shape index (κ1) is 16.4. The second-order valence-electron chi connectivity index (χ2n) is 5.65. The predicted octanol–water partition coefficient (Wildman–Crippen LogP) is 3.81. The number of amides is 1. The Hall–Kier alpha value is -2.47. The van der Waals surface area contributed by atoms with Crippen LogP contribution in [0.5, 0.6) is 0 Å². The Bertz CT molecular complexity index is 809. The van der Waals surface area contributed by atoms with Gasteiger partial charge in [-0.2, -0.15) is 5.10 Å². The molecule has 3 aromatic rings. The molecule has 5 nitrogen and oxygen atoms in total. The fraction of sp³-hybridized carbons (Fsp3) is 0.278. The largest absolute Gasteiger partial charge is 0.343 e. The summed E-state index contributed by atoms with van der Waals surface area (Å²) in [4.78, 5) is 17.1. The summed E-state index contributed by atoms with van der Waals surface area (Å²) >= 11 is 1.58. The summed E-state index contributed by atoms with van der Waals surface area (Å²) in [6.07, 6.45) is 5.58. The van der Waals surface area contributed by atoms with Crippen LogP contribution in [0.2, 0.25) is 0 Å². The van der Waals surface area contributed by atoms with E-state index in [4.69, 9.17) is 4.98 Å². The molecular weight excluding hydrogens is 320 g/mol. The van der Waals surface area contributed by atoms with E-state index in [2.05, 4.69) is 17.3 Å². The third kappa shape index (κ3) is 3.71. The summed E-state index contributed by atoms with van der Waals surface area (Å²) in [6.45, 7) is 2.11. The number of hydrogen-bond acceptors (Lipinski definition) is 4. The standard InChI is InChI=1S/C18H20N4OS/c1-3-7-15(20-17(23)13-8-5-4-6-9-13)18-21-16(12-24-18)14-10-19-22(2)11-14/h4-6,8-12,15H,3,7H2,1-2H3,(H,20,23)/t15-/m1/s1. The molecule has 24 heavy (non-hydrogen) atoms. The van der Waals surface area contributed by atoms with E-state index in [9.17, 15) is 4.79 Å². The lowest BCUT2D eigenvalue weighted by Gasteiger charge is -2.15. The maximum atomic E-state index is 12.4. The molecule has 1 atom stereocenters. The van der Waals surface area contributed by atoms with Gasteiger partial charge in [-0.25, -0.2) is 4.98 Å². The number of carbonyl (C=O) groups excluding carboxylic acids is 1. The Labute approximate surface area is 145 Å². The second kappa shape index (κ2) is 7.40. The molecule has 1 N–H and O–H groups in total. The zero-order chi connectivity index (χ0) is 16.9. The van der Waals surface area contributed by atoms with Crippen LogP contribution in [0, 0.1) is 0 Å². The maximum Gasteiger partial charge on any atom is 0.251 e. The zero-order valence-electron chi connectivity index (χ0n) is 13.8. The van der Waals surface area contributed by atoms with Gasteiger partial charge in [0.1, 0.15) is 5.01 Å². The molecular formula is C18H20N4OS. The highest BCUT2D eigenvalue weighted by molar-refractivity contribution is 7.10. The normalized spacial score (nSPS) is 12.1. The average molecular weight is 340 g/mol. The number of nitrogens with one attached hydrogen (secondary N) is 1. The van der Waals surface area contributed by atoms with Gasteiger partial charge in [0.15, 0.2) is 0 Å². The number of hydrogen-bond donors (Lipinski definition) is 1. The third-order valence-corrected chi connectivity index (χ3v) is 4.70. The van der Waals surface area contributed by atoms with Crippen molar-refractivity contribution in [3.05, 3.63) is 58.7 Å². The van der Waals surface area contributed by atoms with Crippen molar-refractivity contribution >= 4 is 17.2 Å². The van der Waals surface area contributed by atoms with Crippen LogP contribution in [0.1, 0.15) is 41.2 Å². The molecule has 0 fully saturated rings. The van der Waals surface area contributed by atoms with Crippen molar-refractivity contribution < 1.29 is 4.79 Å². The summed E-state index contributed by atoms with van der Waals surface area (Å²) in [5, 5.41) is 10.2. The molecule has 0 aliphatic carbocycles. The molecule has 3 rings (SSSR count). The monoisotopic (exact) mass is 340 g/mol. The van der Waals surface area contributed by atoms with Gasteiger partial charge in [0, 0.05) is 29.8 Å². The first-order valence-electron chi connectivity index (χ1n) is 7.97. The molecule has 0 spiro atoms. The summed E-state index contributed by atoms with van der Waals surface area (Å²) in [6, 6.07) is 9.21. The van der Waals surface area contributed by atoms with Gasteiger partial charge in [-0.05, 0) is 18.6 Å². The summed E-state index contributed by atoms with van der Waals surface area (Å²) in [7, 11) is 1.89. The van der Waals surface area contributed by atoms with Gasteiger partial charge in [-0.1, -0.05) is 31.5 Å². The molecule has 124 valence electrons. The van der Waals surface area contributed by atoms with Gasteiger partial charge >= 0.3 is 0 Å². The van der Waals surface area contributed by atoms with Gasteiger partial charge in [0.2, 0.25) is 0 Å². The topological polar surface area (TPSA) is 59.8 Å². The molecule has 0 aliphatic rings. The van der Waals surface area contributed by atoms with E-state index in [1.165, 1.54) is 0 Å². The van der Waals surface area contributed by atoms with Crippen LogP contribution in [0.25, 0.3) is 11.3 Å². The van der Waals surface area contributed by atoms with Crippen LogP contribution >= 0.6 is 11.3 Å². The number of nitrogens with zero attached hydrogens (tertiary/aromatic N) is 3. The van der Waals surface area contributed by atoms with Crippen molar-refractivity contribution in [1.82, 2.24) is 20.1 Å². The molecule has 2 heterocycles. The molecule has 0 unspecified atom stereocenters. The molecule has 0 saturated carbocycles. The number of benzene rings is 1. The molecule has 0 bridgehead atoms. The van der Waals surface area contributed by atoms with Gasteiger partial charge in [-0.15, -0.1) is 11.3 Å². The zero-order valence-corrected chi connectivity index (χ0v) is 14.6. The molecule has 0 radical (unpaired) electrons. The van der Waals surface area contributed by atoms with Crippen LogP contribution < -0.4 is 5.32 Å². The fourth-order valence-corrected chi connectivity index (χ4v) is 3.42. The van der Waals surface area contributed by atoms with Crippen molar-refractivity contribution in [3.8, 4) is 11.3 Å². The SMILES string of the molecule is CCC[C@@H](NC(=O)c1ccccc1)c1nc(-c2cnn(C)c2)cs1. The molecule has 1 amide bonds. The number of carbonyl (C=O) groups is 1. The van der Waals surface area contributed by atoms with Gasteiger partial charge in [-0.3, -0.25) is 9.48 Å². The second-order valence-corrected chi connectivity index (χ2v) is 6.54. The van der Waals surface area contributed by atoms with E-state index in [1.54, 1.807) is 22.2 Å². The summed E-state index contributed by atoms with van der Waals surface area (Å²) in [5.74, 6) is -0.0628. The van der Waals surface area contributed by atoms with Crippen LogP contribution in [0.4, 0.5) is 0 Å². The van der Waals surface area contributed by atoms with Gasteiger partial charge in [0.25, 0.3) is 5.91 Å². The molecule has 6 heteroatoms. The summed E-state index contributed by atoms with van der Waals surface area (Å²) in [5.41, 5.74) is 2.56. The lowest BCUT2D eigenvalue weighted by molar-refractivity contribution is 0.0934. The van der Waals surface area contributed by atoms with Crippen molar-refractivity contribution in [2.75, 3.05) is 0 Å². The van der Waals surface area contributed by atoms with Crippen molar-refractivity contribution in [2.45, 2.75) is 25.8 Å². The average Bonchev–Trinajstić information content (AvgIpc) is 3.24. The Morgan fingerprint density at radius 2 is 2.12 bits per heavy atom. The molecule has 1 aromatic carbocycles. The van der Waals surface area contributed by atoms with E-state index in [0.29, 0.717) is 5.56 Å². The van der Waals surface area contributed by atoms with E-state index in [-0.39, 0.29) is 11.9 Å². The smallest absolute Gasteiger partial charge is 0.251 e. The highest BCUT2D eigenvalue weighted by atomic mass is 32.1. The maximum absolute atomic E-state index is 12.4. The first-order chi connectivity index (χ1) is 11.7. The highest BCUT2D eigenvalue weighted by Gasteiger charge is 2.19. The van der Waals surface area contributed by atoms with E-state index in [0.717, 1.165) is 29.1 Å². The molecule has 0 aliphatic heterocycles. The van der Waals surface area contributed by atoms with Crippen molar-refractivity contribution in [1.29, 1.82) is 0 Å². The Kier molecular flexibility index (Phi) is 5.05. The van der Waals surface area contributed by atoms with Crippen LogP contribution in [-0.4, -0.2) is 20.7 Å². The molecule has 2 aromatic heterocycles. The first-order valence-corrected chi connectivity index (χ1v) is 8.85. The third-order valence-electron chi connectivity index (χ3n) is 3.74. The van der Waals surface area contributed by atoms with Crippen LogP contribution in [-0.2, 0) is 7.05 Å². The minimum atomic E-state index is -0.0712. The predicted molar refractivity (Wildman–Crippen MR) is 95.9 cm³/mol. The quantitative estimate of drug-likeness (QED) is 0.742. The minimum absolute atomic E-state index is 0.0628. The highest BCUT2D eigenvalue weighted by Crippen LogP contribution is 2.27. The number of rotatable bonds is 6. The lowest BCUT2D eigenvalue weighted by Crippen LogP contribution is -2.28. The van der Waals surface area contributed by atoms with Gasteiger partial charge in [0.05, 0.1) is 17.9 Å². The van der Waals surface area contributed by atoms with Crippen molar-refractivity contribution in [2.24, 2.45) is 7.05 Å². The van der Waals surface area contributed by atoms with E-state index in [1.807, 2.05) is 49.0 Å². The van der Waals surface area contributed by atoms with E-state index >= 15 is 0 Å². The van der Waals surface area contributed by atoms with Gasteiger partial charge < -0.3 is 5.32 Å². The van der Waals surface area contributed by atoms with Crippen molar-refractivity contribution in [3.63, 3.8) is 0 Å². The number of aromatic nitrogens is 3.